The number of alkyl halides is 1. The Kier molecular flexibility index (Phi) is 8.73. The molecule has 1 unspecified atom stereocenters. The molecule has 1 atom stereocenters. The molecule has 172 valence electrons. The molecule has 0 heterocycles. The summed E-state index contributed by atoms with van der Waals surface area (Å²) in [7, 11) is 2.06. The molecule has 0 fully saturated rings. The van der Waals surface area contributed by atoms with Crippen LogP contribution < -0.4 is 5.32 Å². The summed E-state index contributed by atoms with van der Waals surface area (Å²) < 4.78 is 28.4. The summed E-state index contributed by atoms with van der Waals surface area (Å²) in [5.41, 5.74) is 3.00. The zero-order valence-electron chi connectivity index (χ0n) is 19.9. The Hall–Kier alpha value is -2.53. The summed E-state index contributed by atoms with van der Waals surface area (Å²) in [6.07, 6.45) is 7.40. The van der Waals surface area contributed by atoms with Gasteiger partial charge in [0.05, 0.1) is 4.99 Å². The third kappa shape index (κ3) is 6.49. The first-order chi connectivity index (χ1) is 15.0. The molecule has 32 heavy (non-hydrogen) atoms. The number of halogens is 2. The van der Waals surface area contributed by atoms with Crippen molar-refractivity contribution in [2.45, 2.75) is 59.2 Å². The maximum absolute atomic E-state index is 14.4. The molecule has 0 aliphatic heterocycles. The number of thiocarbonyl (C=S) groups is 1. The zero-order valence-corrected chi connectivity index (χ0v) is 20.7. The maximum atomic E-state index is 14.4. The van der Waals surface area contributed by atoms with Crippen LogP contribution in [-0.2, 0) is 12.1 Å². The third-order valence-corrected chi connectivity index (χ3v) is 6.02. The van der Waals surface area contributed by atoms with Gasteiger partial charge in [0, 0.05) is 36.3 Å². The van der Waals surface area contributed by atoms with Gasteiger partial charge in [-0.15, -0.1) is 0 Å². The molecule has 0 radical (unpaired) electrons. The summed E-state index contributed by atoms with van der Waals surface area (Å²) >= 11 is 5.62. The van der Waals surface area contributed by atoms with Gasteiger partial charge in [-0.1, -0.05) is 50.0 Å². The molecule has 2 rings (SSSR count). The van der Waals surface area contributed by atoms with Crippen molar-refractivity contribution in [2.24, 2.45) is 0 Å². The molecule has 0 aliphatic rings. The average molecular weight is 457 g/mol. The van der Waals surface area contributed by atoms with E-state index in [9.17, 15) is 8.78 Å². The standard InChI is InChI=1S/C27H34F2N2S/c1-8-19(4)31(7)15-14-22-21(9-2)12-10-18(3)26(22)30-25(32)17-20-11-13-24(28)23(16-20)27(5,6)29/h9-16,19H,2,8,17H2,1,3-7H3,(H,30,32)/b15-14-. The molecule has 2 nitrogen and oxygen atoms in total. The van der Waals surface area contributed by atoms with Crippen molar-refractivity contribution in [1.82, 2.24) is 4.90 Å². The van der Waals surface area contributed by atoms with E-state index in [1.165, 1.54) is 19.9 Å². The topological polar surface area (TPSA) is 15.3 Å². The normalized spacial score (nSPS) is 12.6. The Labute approximate surface area is 197 Å². The van der Waals surface area contributed by atoms with Crippen LogP contribution in [0.5, 0.6) is 0 Å². The zero-order chi connectivity index (χ0) is 24.1. The van der Waals surface area contributed by atoms with E-state index in [2.05, 4.69) is 50.0 Å². The number of benzene rings is 2. The lowest BCUT2D eigenvalue weighted by Crippen LogP contribution is -2.22. The fraction of sp³-hybridized carbons (Fsp3) is 0.370. The first kappa shape index (κ1) is 25.7. The van der Waals surface area contributed by atoms with Gasteiger partial charge in [0.1, 0.15) is 11.5 Å². The second-order valence-corrected chi connectivity index (χ2v) is 9.21. The molecule has 2 aromatic carbocycles. The minimum Gasteiger partial charge on any atom is -0.378 e. The predicted molar refractivity (Wildman–Crippen MR) is 138 cm³/mol. The molecule has 0 spiro atoms. The van der Waals surface area contributed by atoms with E-state index >= 15 is 0 Å². The van der Waals surface area contributed by atoms with Crippen LogP contribution in [0.3, 0.4) is 0 Å². The minimum absolute atomic E-state index is 0.0411. The number of nitrogens with one attached hydrogen (secondary N) is 1. The highest BCUT2D eigenvalue weighted by molar-refractivity contribution is 7.80. The molecule has 5 heteroatoms. The fourth-order valence-electron chi connectivity index (χ4n) is 3.40. The molecule has 0 aliphatic carbocycles. The van der Waals surface area contributed by atoms with Crippen LogP contribution in [0, 0.1) is 12.7 Å². The van der Waals surface area contributed by atoms with Crippen LogP contribution in [0.25, 0.3) is 12.2 Å². The second kappa shape index (κ2) is 10.9. The quantitative estimate of drug-likeness (QED) is 0.390. The van der Waals surface area contributed by atoms with Crippen molar-refractivity contribution in [3.05, 3.63) is 76.7 Å². The largest absolute Gasteiger partial charge is 0.378 e. The number of rotatable bonds is 9. The van der Waals surface area contributed by atoms with Crippen LogP contribution in [0.15, 0.2) is 43.1 Å². The van der Waals surface area contributed by atoms with Gasteiger partial charge in [0.2, 0.25) is 0 Å². The molecule has 1 N–H and O–H groups in total. The molecule has 0 saturated heterocycles. The number of anilines is 1. The molecular weight excluding hydrogens is 422 g/mol. The van der Waals surface area contributed by atoms with E-state index in [-0.39, 0.29) is 5.56 Å². The van der Waals surface area contributed by atoms with E-state index in [0.29, 0.717) is 17.5 Å². The number of hydrogen-bond acceptors (Lipinski definition) is 2. The Morgan fingerprint density at radius 1 is 1.28 bits per heavy atom. The lowest BCUT2D eigenvalue weighted by atomic mass is 9.96. The lowest BCUT2D eigenvalue weighted by Gasteiger charge is -2.22. The van der Waals surface area contributed by atoms with Gasteiger partial charge in [0.25, 0.3) is 0 Å². The first-order valence-corrected chi connectivity index (χ1v) is 11.3. The van der Waals surface area contributed by atoms with Crippen LogP contribution in [0.2, 0.25) is 0 Å². The van der Waals surface area contributed by atoms with E-state index in [1.54, 1.807) is 12.1 Å². The molecular formula is C27H34F2N2S. The number of aryl methyl sites for hydroxylation is 1. The van der Waals surface area contributed by atoms with Gasteiger partial charge >= 0.3 is 0 Å². The first-order valence-electron chi connectivity index (χ1n) is 10.9. The summed E-state index contributed by atoms with van der Waals surface area (Å²) in [6.45, 7) is 13.0. The van der Waals surface area contributed by atoms with Crippen molar-refractivity contribution >= 4 is 35.0 Å². The van der Waals surface area contributed by atoms with E-state index in [0.717, 1.165) is 34.4 Å². The Morgan fingerprint density at radius 3 is 2.56 bits per heavy atom. The van der Waals surface area contributed by atoms with Crippen molar-refractivity contribution in [3.63, 3.8) is 0 Å². The van der Waals surface area contributed by atoms with E-state index < -0.39 is 11.5 Å². The van der Waals surface area contributed by atoms with Crippen LogP contribution in [0.1, 0.15) is 61.9 Å². The maximum Gasteiger partial charge on any atom is 0.133 e. The second-order valence-electron chi connectivity index (χ2n) is 8.71. The van der Waals surface area contributed by atoms with E-state index in [1.807, 2.05) is 25.1 Å². The lowest BCUT2D eigenvalue weighted by molar-refractivity contribution is 0.213. The summed E-state index contributed by atoms with van der Waals surface area (Å²) in [5, 5.41) is 3.37. The van der Waals surface area contributed by atoms with Gasteiger partial charge in [0.15, 0.2) is 0 Å². The summed E-state index contributed by atoms with van der Waals surface area (Å²) in [6, 6.07) is 8.99. The van der Waals surface area contributed by atoms with Crippen molar-refractivity contribution < 1.29 is 8.78 Å². The fourth-order valence-corrected chi connectivity index (χ4v) is 3.67. The van der Waals surface area contributed by atoms with Gasteiger partial charge in [-0.05, 0) is 75.2 Å². The smallest absolute Gasteiger partial charge is 0.133 e. The highest BCUT2D eigenvalue weighted by atomic mass is 32.1. The van der Waals surface area contributed by atoms with Crippen LogP contribution >= 0.6 is 12.2 Å². The monoisotopic (exact) mass is 456 g/mol. The number of nitrogens with zero attached hydrogens (tertiary/aromatic N) is 1. The highest BCUT2D eigenvalue weighted by Gasteiger charge is 2.23. The molecule has 2 aromatic rings. The predicted octanol–water partition coefficient (Wildman–Crippen LogP) is 7.66. The molecule has 0 bridgehead atoms. The molecule has 0 aromatic heterocycles. The summed E-state index contributed by atoms with van der Waals surface area (Å²) in [4.78, 5) is 2.75. The van der Waals surface area contributed by atoms with E-state index in [4.69, 9.17) is 12.2 Å². The Morgan fingerprint density at radius 2 is 1.97 bits per heavy atom. The van der Waals surface area contributed by atoms with Gasteiger partial charge in [-0.25, -0.2) is 8.78 Å². The molecule has 0 saturated carbocycles. The van der Waals surface area contributed by atoms with Crippen LogP contribution in [0.4, 0.5) is 14.5 Å². The number of hydrogen-bond donors (Lipinski definition) is 1. The highest BCUT2D eigenvalue weighted by Crippen LogP contribution is 2.30. The Balaban J connectivity index is 2.33. The van der Waals surface area contributed by atoms with Crippen molar-refractivity contribution in [2.75, 3.05) is 12.4 Å². The van der Waals surface area contributed by atoms with Crippen molar-refractivity contribution in [1.29, 1.82) is 0 Å². The van der Waals surface area contributed by atoms with Gasteiger partial charge in [-0.2, -0.15) is 0 Å². The SMILES string of the molecule is C=Cc1ccc(C)c(NC(=S)Cc2ccc(F)c(C(C)(C)F)c2)c1/C=C\N(C)C(C)CC. The van der Waals surface area contributed by atoms with Gasteiger partial charge < -0.3 is 10.2 Å². The third-order valence-electron chi connectivity index (χ3n) is 5.77. The minimum atomic E-state index is -1.76. The Bertz CT molecular complexity index is 1010. The summed E-state index contributed by atoms with van der Waals surface area (Å²) in [5.74, 6) is -0.549. The van der Waals surface area contributed by atoms with Crippen LogP contribution in [-0.4, -0.2) is 23.0 Å². The average Bonchev–Trinajstić information content (AvgIpc) is 2.73. The van der Waals surface area contributed by atoms with Gasteiger partial charge in [-0.3, -0.25) is 0 Å². The molecule has 0 amide bonds. The van der Waals surface area contributed by atoms with Crippen molar-refractivity contribution in [3.8, 4) is 0 Å².